The Hall–Kier alpha value is -3.18. The van der Waals surface area contributed by atoms with Crippen LogP contribution in [0.1, 0.15) is 15.9 Å². The molecule has 0 fully saturated rings. The van der Waals surface area contributed by atoms with Crippen molar-refractivity contribution in [2.24, 2.45) is 0 Å². The number of nitrogens with zero attached hydrogens (tertiary/aromatic N) is 1. The molecule has 0 aliphatic heterocycles. The molecule has 1 N–H and O–H groups in total. The SMILES string of the molecule is C=CCN(CC(=O)Nc1ccc(C(=O)OC)cc1)S(=O)(=O)c1cccc(C(F)(F)F)c1. The van der Waals surface area contributed by atoms with Gasteiger partial charge in [-0.15, -0.1) is 6.58 Å². The molecule has 0 saturated heterocycles. The highest BCUT2D eigenvalue weighted by atomic mass is 32.2. The van der Waals surface area contributed by atoms with Crippen molar-refractivity contribution in [3.8, 4) is 0 Å². The van der Waals surface area contributed by atoms with Crippen LogP contribution in [0.3, 0.4) is 0 Å². The molecule has 2 aromatic carbocycles. The summed E-state index contributed by atoms with van der Waals surface area (Å²) in [4.78, 5) is 23.2. The molecular weight excluding hydrogens is 437 g/mol. The highest BCUT2D eigenvalue weighted by molar-refractivity contribution is 7.89. The summed E-state index contributed by atoms with van der Waals surface area (Å²) < 4.78 is 69.7. The van der Waals surface area contributed by atoms with E-state index in [1.807, 2.05) is 0 Å². The van der Waals surface area contributed by atoms with Gasteiger partial charge in [-0.25, -0.2) is 13.2 Å². The van der Waals surface area contributed by atoms with Crippen LogP contribution in [-0.2, 0) is 25.7 Å². The quantitative estimate of drug-likeness (QED) is 0.486. The first-order valence-electron chi connectivity index (χ1n) is 8.75. The summed E-state index contributed by atoms with van der Waals surface area (Å²) >= 11 is 0. The third-order valence-electron chi connectivity index (χ3n) is 4.04. The first-order chi connectivity index (χ1) is 14.5. The number of carbonyl (C=O) groups excluding carboxylic acids is 2. The number of hydrogen-bond donors (Lipinski definition) is 1. The maximum absolute atomic E-state index is 12.9. The van der Waals surface area contributed by atoms with Crippen LogP contribution >= 0.6 is 0 Å². The van der Waals surface area contributed by atoms with E-state index in [1.54, 1.807) is 0 Å². The van der Waals surface area contributed by atoms with Crippen LogP contribution in [0.4, 0.5) is 18.9 Å². The third kappa shape index (κ3) is 6.15. The summed E-state index contributed by atoms with van der Waals surface area (Å²) in [6, 6.07) is 8.91. The maximum Gasteiger partial charge on any atom is 0.416 e. The van der Waals surface area contributed by atoms with Crippen molar-refractivity contribution in [2.75, 3.05) is 25.5 Å². The van der Waals surface area contributed by atoms with Crippen LogP contribution in [0.25, 0.3) is 0 Å². The number of rotatable bonds is 8. The van der Waals surface area contributed by atoms with E-state index in [2.05, 4.69) is 16.6 Å². The zero-order chi connectivity index (χ0) is 23.2. The Bertz CT molecular complexity index is 1070. The Labute approximate surface area is 177 Å². The summed E-state index contributed by atoms with van der Waals surface area (Å²) in [6.45, 7) is 2.47. The molecule has 0 radical (unpaired) electrons. The summed E-state index contributed by atoms with van der Waals surface area (Å²) in [5.41, 5.74) is -0.587. The second kappa shape index (κ2) is 9.75. The van der Waals surface area contributed by atoms with Gasteiger partial charge >= 0.3 is 12.1 Å². The number of ether oxygens (including phenoxy) is 1. The van der Waals surface area contributed by atoms with Gasteiger partial charge in [0.15, 0.2) is 0 Å². The second-order valence-corrected chi connectivity index (χ2v) is 8.17. The van der Waals surface area contributed by atoms with Gasteiger partial charge in [-0.3, -0.25) is 4.79 Å². The Morgan fingerprint density at radius 2 is 1.81 bits per heavy atom. The number of nitrogens with one attached hydrogen (secondary N) is 1. The van der Waals surface area contributed by atoms with Crippen LogP contribution in [-0.4, -0.2) is 44.8 Å². The lowest BCUT2D eigenvalue weighted by atomic mass is 10.2. The van der Waals surface area contributed by atoms with Crippen LogP contribution in [0.15, 0.2) is 66.1 Å². The van der Waals surface area contributed by atoms with Crippen molar-refractivity contribution < 1.29 is 35.9 Å². The fourth-order valence-electron chi connectivity index (χ4n) is 2.54. The molecule has 0 spiro atoms. The number of amides is 1. The van der Waals surface area contributed by atoms with Crippen molar-refractivity contribution in [1.29, 1.82) is 0 Å². The molecule has 2 rings (SSSR count). The summed E-state index contributed by atoms with van der Waals surface area (Å²) in [6.07, 6.45) is -3.51. The van der Waals surface area contributed by atoms with Gasteiger partial charge in [0.1, 0.15) is 0 Å². The zero-order valence-corrected chi connectivity index (χ0v) is 17.2. The van der Waals surface area contributed by atoms with Gasteiger partial charge in [-0.1, -0.05) is 12.1 Å². The van der Waals surface area contributed by atoms with E-state index in [0.29, 0.717) is 10.4 Å². The number of hydrogen-bond acceptors (Lipinski definition) is 5. The van der Waals surface area contributed by atoms with E-state index >= 15 is 0 Å². The standard InChI is InChI=1S/C20H19F3N2O5S/c1-3-11-25(31(28,29)17-6-4-5-15(12-17)20(21,22)23)13-18(26)24-16-9-7-14(8-10-16)19(27)30-2/h3-10,12H,1,11,13H2,2H3,(H,24,26). The van der Waals surface area contributed by atoms with Crippen molar-refractivity contribution in [3.05, 3.63) is 72.3 Å². The number of methoxy groups -OCH3 is 1. The molecule has 0 aliphatic carbocycles. The lowest BCUT2D eigenvalue weighted by molar-refractivity contribution is -0.137. The minimum Gasteiger partial charge on any atom is -0.465 e. The molecule has 0 atom stereocenters. The van der Waals surface area contributed by atoms with Crippen LogP contribution in [0, 0.1) is 0 Å². The van der Waals surface area contributed by atoms with E-state index in [4.69, 9.17) is 0 Å². The molecule has 1 amide bonds. The highest BCUT2D eigenvalue weighted by Gasteiger charge is 2.33. The predicted octanol–water partition coefficient (Wildman–Crippen LogP) is 3.31. The highest BCUT2D eigenvalue weighted by Crippen LogP contribution is 2.31. The summed E-state index contributed by atoms with van der Waals surface area (Å²) in [5, 5.41) is 2.46. The average molecular weight is 456 g/mol. The van der Waals surface area contributed by atoms with Gasteiger partial charge in [0.25, 0.3) is 0 Å². The number of halogens is 3. The number of sulfonamides is 1. The lowest BCUT2D eigenvalue weighted by Crippen LogP contribution is -2.38. The number of carbonyl (C=O) groups is 2. The minimum absolute atomic E-state index is 0.251. The fourth-order valence-corrected chi connectivity index (χ4v) is 3.96. The Morgan fingerprint density at radius 1 is 1.16 bits per heavy atom. The molecule has 0 saturated carbocycles. The van der Waals surface area contributed by atoms with Crippen LogP contribution in [0.5, 0.6) is 0 Å². The molecule has 7 nitrogen and oxygen atoms in total. The van der Waals surface area contributed by atoms with E-state index in [0.717, 1.165) is 18.2 Å². The average Bonchev–Trinajstić information content (AvgIpc) is 2.73. The third-order valence-corrected chi connectivity index (χ3v) is 5.85. The van der Waals surface area contributed by atoms with Gasteiger partial charge in [-0.2, -0.15) is 17.5 Å². The van der Waals surface area contributed by atoms with Gasteiger partial charge in [0.05, 0.1) is 29.7 Å². The Morgan fingerprint density at radius 3 is 2.35 bits per heavy atom. The number of benzene rings is 2. The first-order valence-corrected chi connectivity index (χ1v) is 10.2. The largest absolute Gasteiger partial charge is 0.465 e. The molecule has 0 unspecified atom stereocenters. The lowest BCUT2D eigenvalue weighted by Gasteiger charge is -2.21. The van der Waals surface area contributed by atoms with Crippen molar-refractivity contribution in [3.63, 3.8) is 0 Å². The van der Waals surface area contributed by atoms with E-state index in [9.17, 15) is 31.2 Å². The van der Waals surface area contributed by atoms with Crippen molar-refractivity contribution in [1.82, 2.24) is 4.31 Å². The molecule has 0 heterocycles. The Kier molecular flexibility index (Phi) is 7.58. The summed E-state index contributed by atoms with van der Waals surface area (Å²) in [7, 11) is -3.20. The van der Waals surface area contributed by atoms with E-state index in [-0.39, 0.29) is 17.8 Å². The predicted molar refractivity (Wildman–Crippen MR) is 107 cm³/mol. The second-order valence-electron chi connectivity index (χ2n) is 6.23. The smallest absolute Gasteiger partial charge is 0.416 e. The van der Waals surface area contributed by atoms with Crippen LogP contribution < -0.4 is 5.32 Å². The molecule has 0 bridgehead atoms. The van der Waals surface area contributed by atoms with Crippen LogP contribution in [0.2, 0.25) is 0 Å². The van der Waals surface area contributed by atoms with Crippen molar-refractivity contribution in [2.45, 2.75) is 11.1 Å². The van der Waals surface area contributed by atoms with Gasteiger partial charge in [0.2, 0.25) is 15.9 Å². The first kappa shape index (κ1) is 24.1. The topological polar surface area (TPSA) is 92.8 Å². The normalized spacial score (nSPS) is 11.8. The molecule has 0 aliphatic rings. The van der Waals surface area contributed by atoms with Gasteiger partial charge in [-0.05, 0) is 42.5 Å². The zero-order valence-electron chi connectivity index (χ0n) is 16.3. The van der Waals surface area contributed by atoms with E-state index < -0.39 is 45.1 Å². The fraction of sp³-hybridized carbons (Fsp3) is 0.200. The van der Waals surface area contributed by atoms with Crippen molar-refractivity contribution >= 4 is 27.6 Å². The number of esters is 1. The van der Waals surface area contributed by atoms with E-state index in [1.165, 1.54) is 37.5 Å². The van der Waals surface area contributed by atoms with Gasteiger partial charge < -0.3 is 10.1 Å². The molecule has 0 aromatic heterocycles. The maximum atomic E-state index is 12.9. The number of anilines is 1. The number of alkyl halides is 3. The monoisotopic (exact) mass is 456 g/mol. The molecule has 11 heteroatoms. The summed E-state index contributed by atoms with van der Waals surface area (Å²) in [5.74, 6) is -1.30. The molecule has 2 aromatic rings. The Balaban J connectivity index is 2.20. The molecule has 31 heavy (non-hydrogen) atoms. The molecule has 166 valence electrons. The minimum atomic E-state index is -4.72. The van der Waals surface area contributed by atoms with Gasteiger partial charge in [0, 0.05) is 12.2 Å². The molecular formula is C20H19F3N2O5S.